The maximum Gasteiger partial charge on any atom is 0.243 e. The third kappa shape index (κ3) is 5.81. The van der Waals surface area contributed by atoms with Crippen LogP contribution in [-0.2, 0) is 14.8 Å². The van der Waals surface area contributed by atoms with Gasteiger partial charge in [-0.1, -0.05) is 54.2 Å². The number of amides is 1. The molecule has 0 aliphatic rings. The van der Waals surface area contributed by atoms with E-state index in [2.05, 4.69) is 5.32 Å². The minimum absolute atomic E-state index is 0.0211. The minimum Gasteiger partial charge on any atom is -0.324 e. The molecule has 3 aromatic rings. The van der Waals surface area contributed by atoms with Crippen molar-refractivity contribution in [2.75, 3.05) is 18.9 Å². The van der Waals surface area contributed by atoms with Crippen molar-refractivity contribution in [1.82, 2.24) is 4.31 Å². The number of hydrogen-bond acceptors (Lipinski definition) is 5. The Balaban J connectivity index is 1.70. The van der Waals surface area contributed by atoms with E-state index in [9.17, 15) is 18.0 Å². The van der Waals surface area contributed by atoms with Gasteiger partial charge in [0.05, 0.1) is 17.1 Å². The predicted molar refractivity (Wildman–Crippen MR) is 122 cm³/mol. The maximum atomic E-state index is 12.8. The summed E-state index contributed by atoms with van der Waals surface area (Å²) in [7, 11) is -2.53. The summed E-state index contributed by atoms with van der Waals surface area (Å²) in [6, 6.07) is 22.8. The van der Waals surface area contributed by atoms with Crippen LogP contribution in [0.4, 0.5) is 5.69 Å². The Kier molecular flexibility index (Phi) is 7.27. The fourth-order valence-corrected chi connectivity index (χ4v) is 4.84. The highest BCUT2D eigenvalue weighted by molar-refractivity contribution is 7.99. The normalized spacial score (nSPS) is 11.3. The van der Waals surface area contributed by atoms with Gasteiger partial charge in [-0.3, -0.25) is 9.59 Å². The summed E-state index contributed by atoms with van der Waals surface area (Å²) in [5.74, 6) is -0.601. The molecule has 0 bridgehead atoms. The van der Waals surface area contributed by atoms with E-state index in [-0.39, 0.29) is 17.2 Å². The molecule has 0 unspecified atom stereocenters. The fraction of sp³-hybridized carbons (Fsp3) is 0.130. The lowest BCUT2D eigenvalue weighted by Gasteiger charge is -2.18. The molecule has 0 spiro atoms. The first-order chi connectivity index (χ1) is 14.8. The maximum absolute atomic E-state index is 12.8. The van der Waals surface area contributed by atoms with Crippen LogP contribution in [0, 0.1) is 0 Å². The van der Waals surface area contributed by atoms with Crippen LogP contribution in [-0.4, -0.2) is 38.0 Å². The largest absolute Gasteiger partial charge is 0.324 e. The predicted octanol–water partition coefficient (Wildman–Crippen LogP) is 4.30. The molecule has 0 heterocycles. The molecule has 31 heavy (non-hydrogen) atoms. The van der Waals surface area contributed by atoms with Crippen molar-refractivity contribution in [3.05, 3.63) is 84.4 Å². The first-order valence-electron chi connectivity index (χ1n) is 9.46. The number of likely N-dealkylation sites (N-methyl/N-ethyl adjacent to an activating group) is 1. The molecule has 3 aromatic carbocycles. The Morgan fingerprint density at radius 2 is 1.52 bits per heavy atom. The Labute approximate surface area is 186 Å². The molecule has 0 fully saturated rings. The first kappa shape index (κ1) is 22.7. The zero-order valence-electron chi connectivity index (χ0n) is 17.1. The lowest BCUT2D eigenvalue weighted by atomic mass is 10.2. The van der Waals surface area contributed by atoms with Crippen LogP contribution < -0.4 is 5.32 Å². The number of ketones is 1. The molecule has 6 nitrogen and oxygen atoms in total. The van der Waals surface area contributed by atoms with Crippen molar-refractivity contribution in [2.45, 2.75) is 21.6 Å². The quantitative estimate of drug-likeness (QED) is 0.513. The van der Waals surface area contributed by atoms with Crippen molar-refractivity contribution < 1.29 is 18.0 Å². The topological polar surface area (TPSA) is 83.6 Å². The van der Waals surface area contributed by atoms with Crippen molar-refractivity contribution in [3.8, 4) is 0 Å². The molecular formula is C23H22N2O4S2. The zero-order valence-corrected chi connectivity index (χ0v) is 18.7. The number of nitrogens with zero attached hydrogens (tertiary/aromatic N) is 1. The zero-order chi connectivity index (χ0) is 22.4. The van der Waals surface area contributed by atoms with Gasteiger partial charge >= 0.3 is 0 Å². The number of hydrogen-bond donors (Lipinski definition) is 1. The molecule has 1 amide bonds. The molecular weight excluding hydrogens is 432 g/mol. The van der Waals surface area contributed by atoms with Gasteiger partial charge in [0.1, 0.15) is 0 Å². The number of benzene rings is 3. The SMILES string of the molecule is CC(=O)c1ccc(S(=O)(=O)N(C)CC(=O)Nc2ccccc2Sc2ccccc2)cc1. The Hall–Kier alpha value is -2.94. The number of sulfonamides is 1. The molecule has 0 saturated heterocycles. The van der Waals surface area contributed by atoms with Crippen molar-refractivity contribution in [3.63, 3.8) is 0 Å². The average Bonchev–Trinajstić information content (AvgIpc) is 2.75. The highest BCUT2D eigenvalue weighted by Gasteiger charge is 2.23. The number of nitrogens with one attached hydrogen (secondary N) is 1. The third-order valence-electron chi connectivity index (χ3n) is 4.47. The van der Waals surface area contributed by atoms with Gasteiger partial charge in [-0.05, 0) is 43.3 Å². The van der Waals surface area contributed by atoms with Gasteiger partial charge in [0.15, 0.2) is 5.78 Å². The highest BCUT2D eigenvalue weighted by atomic mass is 32.2. The first-order valence-corrected chi connectivity index (χ1v) is 11.7. The van der Waals surface area contributed by atoms with Gasteiger partial charge in [-0.2, -0.15) is 4.31 Å². The van der Waals surface area contributed by atoms with Crippen molar-refractivity contribution in [2.24, 2.45) is 0 Å². The monoisotopic (exact) mass is 454 g/mol. The van der Waals surface area contributed by atoms with E-state index < -0.39 is 15.9 Å². The number of para-hydroxylation sites is 1. The lowest BCUT2D eigenvalue weighted by molar-refractivity contribution is -0.116. The van der Waals surface area contributed by atoms with Gasteiger partial charge in [0.25, 0.3) is 0 Å². The van der Waals surface area contributed by atoms with Crippen LogP contribution in [0.25, 0.3) is 0 Å². The van der Waals surface area contributed by atoms with Crippen molar-refractivity contribution >= 4 is 39.2 Å². The minimum atomic E-state index is -3.87. The molecule has 3 rings (SSSR count). The van der Waals surface area contributed by atoms with E-state index in [1.54, 1.807) is 6.07 Å². The second kappa shape index (κ2) is 9.91. The third-order valence-corrected chi connectivity index (χ3v) is 7.37. The van der Waals surface area contributed by atoms with Crippen molar-refractivity contribution in [1.29, 1.82) is 0 Å². The molecule has 160 valence electrons. The Morgan fingerprint density at radius 1 is 0.903 bits per heavy atom. The van der Waals surface area contributed by atoms with Gasteiger partial charge in [-0.25, -0.2) is 8.42 Å². The van der Waals surface area contributed by atoms with Gasteiger partial charge in [0.2, 0.25) is 15.9 Å². The van der Waals surface area contributed by atoms with E-state index in [0.29, 0.717) is 11.3 Å². The Bertz CT molecular complexity index is 1180. The van der Waals surface area contributed by atoms with Crippen LogP contribution in [0.1, 0.15) is 17.3 Å². The van der Waals surface area contributed by atoms with Crippen LogP contribution in [0.5, 0.6) is 0 Å². The smallest absolute Gasteiger partial charge is 0.243 e. The summed E-state index contributed by atoms with van der Waals surface area (Å²) in [6.07, 6.45) is 0. The molecule has 1 N–H and O–H groups in total. The Morgan fingerprint density at radius 3 is 2.16 bits per heavy atom. The van der Waals surface area contributed by atoms with Gasteiger partial charge in [0, 0.05) is 22.4 Å². The van der Waals surface area contributed by atoms with Crippen LogP contribution >= 0.6 is 11.8 Å². The summed E-state index contributed by atoms with van der Waals surface area (Å²) in [5, 5.41) is 2.80. The molecule has 0 atom stereocenters. The highest BCUT2D eigenvalue weighted by Crippen LogP contribution is 2.33. The van der Waals surface area contributed by atoms with E-state index in [0.717, 1.165) is 14.1 Å². The molecule has 8 heteroatoms. The summed E-state index contributed by atoms with van der Waals surface area (Å²) < 4.78 is 26.5. The van der Waals surface area contributed by atoms with E-state index >= 15 is 0 Å². The van der Waals surface area contributed by atoms with Gasteiger partial charge < -0.3 is 5.32 Å². The summed E-state index contributed by atoms with van der Waals surface area (Å²) in [6.45, 7) is 1.06. The number of anilines is 1. The number of carbonyl (C=O) groups excluding carboxylic acids is 2. The molecule has 0 aromatic heterocycles. The second-order valence-electron chi connectivity index (χ2n) is 6.80. The summed E-state index contributed by atoms with van der Waals surface area (Å²) in [5.41, 5.74) is 1.03. The molecule has 0 saturated carbocycles. The van der Waals surface area contributed by atoms with E-state index in [1.807, 2.05) is 48.5 Å². The number of rotatable bonds is 8. The average molecular weight is 455 g/mol. The fourth-order valence-electron chi connectivity index (χ4n) is 2.79. The number of carbonyl (C=O) groups is 2. The van der Waals surface area contributed by atoms with E-state index in [4.69, 9.17) is 0 Å². The lowest BCUT2D eigenvalue weighted by Crippen LogP contribution is -2.35. The molecule has 0 aliphatic heterocycles. The molecule has 0 aliphatic carbocycles. The van der Waals surface area contributed by atoms with Crippen LogP contribution in [0.3, 0.4) is 0 Å². The second-order valence-corrected chi connectivity index (χ2v) is 9.96. The standard InChI is InChI=1S/C23H22N2O4S2/c1-17(26)18-12-14-20(15-13-18)31(28,29)25(2)16-23(27)24-21-10-6-7-11-22(21)30-19-8-4-3-5-9-19/h3-15H,16H2,1-2H3,(H,24,27). The van der Waals surface area contributed by atoms with Crippen LogP contribution in [0.15, 0.2) is 93.5 Å². The van der Waals surface area contributed by atoms with Gasteiger partial charge in [-0.15, -0.1) is 0 Å². The number of Topliss-reactive ketones (excluding diaryl/α,β-unsaturated/α-hetero) is 1. The van der Waals surface area contributed by atoms with Crippen LogP contribution in [0.2, 0.25) is 0 Å². The molecule has 0 radical (unpaired) electrons. The summed E-state index contributed by atoms with van der Waals surface area (Å²) >= 11 is 1.51. The summed E-state index contributed by atoms with van der Waals surface area (Å²) in [4.78, 5) is 25.9. The van der Waals surface area contributed by atoms with E-state index in [1.165, 1.54) is 50.0 Å².